The van der Waals surface area contributed by atoms with E-state index in [2.05, 4.69) is 148 Å². The van der Waals surface area contributed by atoms with E-state index in [0.717, 1.165) is 53.9 Å². The van der Waals surface area contributed by atoms with Gasteiger partial charge in [0.05, 0.1) is 5.69 Å². The fourth-order valence-corrected chi connectivity index (χ4v) is 5.25. The molecule has 0 bridgehead atoms. The van der Waals surface area contributed by atoms with Crippen molar-refractivity contribution in [3.05, 3.63) is 88.1 Å². The van der Waals surface area contributed by atoms with Crippen molar-refractivity contribution in [2.45, 2.75) is 153 Å². The average molecular weight is 639 g/mol. The van der Waals surface area contributed by atoms with Crippen LogP contribution in [0.25, 0.3) is 11.3 Å². The van der Waals surface area contributed by atoms with Gasteiger partial charge >= 0.3 is 0 Å². The van der Waals surface area contributed by atoms with Crippen molar-refractivity contribution in [1.82, 2.24) is 4.98 Å². The van der Waals surface area contributed by atoms with Crippen molar-refractivity contribution in [2.75, 3.05) is 6.54 Å². The Labute approximate surface area is 292 Å². The molecule has 1 aliphatic rings. The highest BCUT2D eigenvalue weighted by Gasteiger charge is 2.15. The number of benzene rings is 2. The van der Waals surface area contributed by atoms with Crippen molar-refractivity contribution < 1.29 is 0 Å². The summed E-state index contributed by atoms with van der Waals surface area (Å²) in [6, 6.07) is 20.0. The first-order chi connectivity index (χ1) is 22.6. The van der Waals surface area contributed by atoms with E-state index in [-0.39, 0.29) is 0 Å². The summed E-state index contributed by atoms with van der Waals surface area (Å²) in [5, 5.41) is 0. The van der Waals surface area contributed by atoms with Gasteiger partial charge in [-0.15, -0.1) is 12.3 Å². The van der Waals surface area contributed by atoms with Gasteiger partial charge < -0.3 is 0 Å². The number of terminal acetylenes is 1. The van der Waals surface area contributed by atoms with Crippen LogP contribution in [0.2, 0.25) is 0 Å². The molecule has 47 heavy (non-hydrogen) atoms. The lowest BCUT2D eigenvalue weighted by atomic mass is 9.84. The lowest BCUT2D eigenvalue weighted by Crippen LogP contribution is -2.04. The van der Waals surface area contributed by atoms with Gasteiger partial charge in [-0.1, -0.05) is 129 Å². The first-order valence-electron chi connectivity index (χ1n) is 18.6. The second kappa shape index (κ2) is 26.8. The molecule has 1 aliphatic carbocycles. The van der Waals surface area contributed by atoms with Crippen molar-refractivity contribution in [3.63, 3.8) is 0 Å². The third kappa shape index (κ3) is 18.1. The molecule has 0 radical (unpaired) electrons. The molecule has 1 fully saturated rings. The van der Waals surface area contributed by atoms with Gasteiger partial charge in [-0.2, -0.15) is 0 Å². The van der Waals surface area contributed by atoms with Gasteiger partial charge in [0, 0.05) is 29.1 Å². The molecule has 0 atom stereocenters. The molecule has 1 heterocycles. The SMILES string of the molecule is C#CC.CCC(C)C.CCCC.CCN=C(C)c1ccc(-c2ccc(CC)c(CC)c2)nc1C.Cc1cccc(C2CCCCC2)c1. The summed E-state index contributed by atoms with van der Waals surface area (Å²) < 4.78 is 0. The minimum absolute atomic E-state index is 0.811. The second-order valence-corrected chi connectivity index (χ2v) is 12.9. The van der Waals surface area contributed by atoms with Crippen molar-refractivity contribution in [1.29, 1.82) is 0 Å². The van der Waals surface area contributed by atoms with Crippen LogP contribution in [0.3, 0.4) is 0 Å². The van der Waals surface area contributed by atoms with Crippen LogP contribution in [0.15, 0.2) is 59.6 Å². The van der Waals surface area contributed by atoms with Gasteiger partial charge in [-0.05, 0) is 107 Å². The fraction of sp³-hybridized carbons (Fsp3) is 0.556. The standard InChI is InChI=1S/C20H26N2.C13H18.C5H12.C4H10.C3H4/c1-6-16-9-10-18(13-17(16)7-2)20-12-11-19(15(5)22-20)14(4)21-8-3;1-11-6-5-9-13(10-11)12-7-3-2-4-8-12;1-4-5(2)3;1-3-4-2;1-3-2/h9-13H,6-8H2,1-5H3;5-6,9-10,12H,2-4,7-8H2,1H3;5H,4H2,1-3H3;3-4H2,1-2H3;1H,2H3. The molecule has 2 heteroatoms. The molecule has 0 aliphatic heterocycles. The molecular weight excluding hydrogens is 569 g/mol. The van der Waals surface area contributed by atoms with E-state index in [1.165, 1.54) is 73.6 Å². The molecule has 0 amide bonds. The molecule has 0 saturated heterocycles. The monoisotopic (exact) mass is 639 g/mol. The Morgan fingerprint density at radius 2 is 1.45 bits per heavy atom. The molecule has 2 aromatic carbocycles. The number of hydrogen-bond donors (Lipinski definition) is 0. The third-order valence-electron chi connectivity index (χ3n) is 8.57. The minimum atomic E-state index is 0.811. The number of nitrogens with zero attached hydrogens (tertiary/aromatic N) is 2. The molecule has 0 N–H and O–H groups in total. The summed E-state index contributed by atoms with van der Waals surface area (Å²) >= 11 is 0. The van der Waals surface area contributed by atoms with Crippen LogP contribution < -0.4 is 0 Å². The predicted octanol–water partition coefficient (Wildman–Crippen LogP) is 13.6. The van der Waals surface area contributed by atoms with Crippen LogP contribution in [-0.4, -0.2) is 17.2 Å². The number of aryl methyl sites for hydroxylation is 4. The summed E-state index contributed by atoms with van der Waals surface area (Å²) in [6.45, 7) is 26.3. The first kappa shape index (κ1) is 43.8. The number of pyridine rings is 1. The number of hydrogen-bond acceptors (Lipinski definition) is 2. The van der Waals surface area contributed by atoms with Gasteiger partial charge in [0.25, 0.3) is 0 Å². The maximum Gasteiger partial charge on any atom is 0.0705 e. The van der Waals surface area contributed by atoms with Crippen LogP contribution in [0.4, 0.5) is 0 Å². The molecule has 0 spiro atoms. The number of aromatic nitrogens is 1. The third-order valence-corrected chi connectivity index (χ3v) is 8.57. The Kier molecular flexibility index (Phi) is 25.0. The zero-order valence-corrected chi connectivity index (χ0v) is 32.6. The average Bonchev–Trinajstić information content (AvgIpc) is 3.09. The molecule has 4 rings (SSSR count). The van der Waals surface area contributed by atoms with Gasteiger partial charge in [0.2, 0.25) is 0 Å². The van der Waals surface area contributed by atoms with Crippen LogP contribution in [-0.2, 0) is 12.8 Å². The molecule has 0 unspecified atom stereocenters. The van der Waals surface area contributed by atoms with E-state index >= 15 is 0 Å². The normalized spacial score (nSPS) is 12.6. The summed E-state index contributed by atoms with van der Waals surface area (Å²) in [7, 11) is 0. The van der Waals surface area contributed by atoms with Crippen LogP contribution in [0.1, 0.15) is 160 Å². The number of unbranched alkanes of at least 4 members (excludes halogenated alkanes) is 1. The van der Waals surface area contributed by atoms with E-state index in [9.17, 15) is 0 Å². The Bertz CT molecular complexity index is 1300. The Balaban J connectivity index is 0.000000709. The van der Waals surface area contributed by atoms with Crippen LogP contribution >= 0.6 is 0 Å². The van der Waals surface area contributed by atoms with Gasteiger partial charge in [-0.25, -0.2) is 0 Å². The maximum atomic E-state index is 4.80. The van der Waals surface area contributed by atoms with E-state index < -0.39 is 0 Å². The Morgan fingerprint density at radius 3 is 1.91 bits per heavy atom. The maximum absolute atomic E-state index is 4.80. The first-order valence-corrected chi connectivity index (χ1v) is 18.6. The zero-order chi connectivity index (χ0) is 35.6. The van der Waals surface area contributed by atoms with Gasteiger partial charge in [0.15, 0.2) is 0 Å². The van der Waals surface area contributed by atoms with Gasteiger partial charge in [0.1, 0.15) is 0 Å². The molecule has 1 saturated carbocycles. The second-order valence-electron chi connectivity index (χ2n) is 12.9. The summed E-state index contributed by atoms with van der Waals surface area (Å²) in [4.78, 5) is 9.28. The summed E-state index contributed by atoms with van der Waals surface area (Å²) in [5.74, 6) is 3.99. The molecule has 2 nitrogen and oxygen atoms in total. The lowest BCUT2D eigenvalue weighted by molar-refractivity contribution is 0.443. The van der Waals surface area contributed by atoms with Crippen LogP contribution in [0.5, 0.6) is 0 Å². The van der Waals surface area contributed by atoms with Crippen molar-refractivity contribution in [2.24, 2.45) is 10.9 Å². The largest absolute Gasteiger partial charge is 0.290 e. The van der Waals surface area contributed by atoms with E-state index in [4.69, 9.17) is 4.98 Å². The summed E-state index contributed by atoms with van der Waals surface area (Å²) in [6.07, 6.45) is 17.8. The highest BCUT2D eigenvalue weighted by atomic mass is 14.7. The fourth-order valence-electron chi connectivity index (χ4n) is 5.25. The molecule has 1 aromatic heterocycles. The lowest BCUT2D eigenvalue weighted by Gasteiger charge is -2.22. The summed E-state index contributed by atoms with van der Waals surface area (Å²) in [5.41, 5.74) is 11.3. The van der Waals surface area contributed by atoms with E-state index in [0.29, 0.717) is 0 Å². The molecular formula is C45H70N2. The van der Waals surface area contributed by atoms with E-state index in [1.807, 2.05) is 0 Å². The number of aliphatic imine (C=N–C) groups is 1. The highest BCUT2D eigenvalue weighted by Crippen LogP contribution is 2.32. The highest BCUT2D eigenvalue weighted by molar-refractivity contribution is 5.99. The quantitative estimate of drug-likeness (QED) is 0.178. The zero-order valence-electron chi connectivity index (χ0n) is 32.6. The Morgan fingerprint density at radius 1 is 0.851 bits per heavy atom. The number of rotatable bonds is 8. The topological polar surface area (TPSA) is 25.2 Å². The molecule has 3 aromatic rings. The predicted molar refractivity (Wildman–Crippen MR) is 213 cm³/mol. The van der Waals surface area contributed by atoms with Crippen molar-refractivity contribution in [3.8, 4) is 23.6 Å². The van der Waals surface area contributed by atoms with E-state index in [1.54, 1.807) is 12.5 Å². The minimum Gasteiger partial charge on any atom is -0.290 e. The molecule has 260 valence electrons. The smallest absolute Gasteiger partial charge is 0.0705 e. The van der Waals surface area contributed by atoms with Gasteiger partial charge in [-0.3, -0.25) is 9.98 Å². The Hall–Kier alpha value is -3.18. The van der Waals surface area contributed by atoms with Crippen LogP contribution in [0, 0.1) is 32.1 Å². The van der Waals surface area contributed by atoms with Crippen molar-refractivity contribution >= 4 is 5.71 Å².